The number of ether oxygens (including phenoxy) is 2. The number of carbonyl (C=O) groups is 1. The Morgan fingerprint density at radius 1 is 0.952 bits per heavy atom. The number of benzene rings is 2. The Kier molecular flexibility index (Phi) is 7.95. The smallest absolute Gasteiger partial charge is 0.255 e. The number of likely N-dealkylation sites (tertiary alicyclic amines) is 1. The first-order chi connectivity index (χ1) is 20.2. The van der Waals surface area contributed by atoms with E-state index in [4.69, 9.17) is 9.47 Å². The van der Waals surface area contributed by atoms with E-state index < -0.39 is 9.84 Å². The Morgan fingerprint density at radius 2 is 1.67 bits per heavy atom. The van der Waals surface area contributed by atoms with Gasteiger partial charge < -0.3 is 14.4 Å². The van der Waals surface area contributed by atoms with Crippen LogP contribution in [-0.2, 0) is 9.84 Å². The molecule has 3 aliphatic rings. The molecule has 0 bridgehead atoms. The second-order valence-corrected chi connectivity index (χ2v) is 13.5. The average molecular weight is 591 g/mol. The van der Waals surface area contributed by atoms with Gasteiger partial charge in [-0.25, -0.2) is 8.42 Å². The number of amides is 1. The molecule has 222 valence electrons. The number of piperazine rings is 1. The van der Waals surface area contributed by atoms with Gasteiger partial charge in [-0.2, -0.15) is 0 Å². The van der Waals surface area contributed by atoms with Crippen molar-refractivity contribution in [2.24, 2.45) is 0 Å². The van der Waals surface area contributed by atoms with Crippen LogP contribution in [0.4, 0.5) is 0 Å². The van der Waals surface area contributed by atoms with Gasteiger partial charge in [-0.3, -0.25) is 19.6 Å². The predicted octanol–water partition coefficient (Wildman–Crippen LogP) is 4.32. The minimum atomic E-state index is -3.67. The van der Waals surface area contributed by atoms with Crippen LogP contribution < -0.4 is 9.47 Å². The summed E-state index contributed by atoms with van der Waals surface area (Å²) in [5.74, 6) is 1.10. The fourth-order valence-corrected chi connectivity index (χ4v) is 7.79. The van der Waals surface area contributed by atoms with Crippen molar-refractivity contribution in [2.75, 3.05) is 39.5 Å². The number of pyridine rings is 1. The summed E-state index contributed by atoms with van der Waals surface area (Å²) >= 11 is 0. The minimum absolute atomic E-state index is 0.0840. The fourth-order valence-electron chi connectivity index (χ4n) is 6.52. The monoisotopic (exact) mass is 590 g/mol. The second kappa shape index (κ2) is 11.7. The van der Waals surface area contributed by atoms with Gasteiger partial charge in [0.25, 0.3) is 5.91 Å². The van der Waals surface area contributed by atoms with Crippen LogP contribution in [-0.4, -0.2) is 85.6 Å². The number of carbonyl (C=O) groups excluding carboxylic acids is 1. The van der Waals surface area contributed by atoms with Crippen LogP contribution in [0.1, 0.15) is 54.3 Å². The van der Waals surface area contributed by atoms with Gasteiger partial charge in [0.2, 0.25) is 16.6 Å². The zero-order valence-electron chi connectivity index (χ0n) is 24.4. The fraction of sp³-hybridized carbons (Fsp3) is 0.438. The van der Waals surface area contributed by atoms with E-state index in [0.29, 0.717) is 29.1 Å². The molecule has 2 atom stereocenters. The molecule has 9 nitrogen and oxygen atoms in total. The lowest BCUT2D eigenvalue weighted by molar-refractivity contribution is 0.0135. The molecule has 3 aromatic rings. The van der Waals surface area contributed by atoms with E-state index in [9.17, 15) is 13.2 Å². The molecule has 3 aliphatic heterocycles. The third kappa shape index (κ3) is 5.50. The minimum Gasteiger partial charge on any atom is -0.454 e. The van der Waals surface area contributed by atoms with Gasteiger partial charge in [-0.15, -0.1) is 0 Å². The summed E-state index contributed by atoms with van der Waals surface area (Å²) in [6.45, 7) is 10.9. The van der Waals surface area contributed by atoms with Gasteiger partial charge in [0, 0.05) is 68.8 Å². The quantitative estimate of drug-likeness (QED) is 0.419. The number of piperidine rings is 1. The number of aryl methyl sites for hydroxylation is 1. The van der Waals surface area contributed by atoms with Gasteiger partial charge >= 0.3 is 0 Å². The Hall–Kier alpha value is -3.47. The zero-order valence-corrected chi connectivity index (χ0v) is 25.2. The van der Waals surface area contributed by atoms with Gasteiger partial charge in [0.15, 0.2) is 11.5 Å². The highest BCUT2D eigenvalue weighted by atomic mass is 32.2. The van der Waals surface area contributed by atoms with E-state index in [1.54, 1.807) is 30.5 Å². The van der Waals surface area contributed by atoms with Crippen LogP contribution >= 0.6 is 0 Å². The zero-order chi connectivity index (χ0) is 29.4. The van der Waals surface area contributed by atoms with Gasteiger partial charge in [-0.1, -0.05) is 12.1 Å². The van der Waals surface area contributed by atoms with Crippen molar-refractivity contribution in [1.82, 2.24) is 19.7 Å². The Labute approximate surface area is 248 Å². The van der Waals surface area contributed by atoms with Crippen molar-refractivity contribution in [3.63, 3.8) is 0 Å². The van der Waals surface area contributed by atoms with Crippen molar-refractivity contribution in [3.8, 4) is 11.5 Å². The summed E-state index contributed by atoms with van der Waals surface area (Å²) in [5, 5.41) is 0. The maximum atomic E-state index is 13.3. The van der Waals surface area contributed by atoms with E-state index in [1.807, 2.05) is 36.1 Å². The molecule has 1 amide bonds. The lowest BCUT2D eigenvalue weighted by atomic mass is 9.98. The molecule has 42 heavy (non-hydrogen) atoms. The highest BCUT2D eigenvalue weighted by Crippen LogP contribution is 2.36. The highest BCUT2D eigenvalue weighted by molar-refractivity contribution is 7.91. The number of rotatable bonds is 6. The molecule has 1 aromatic heterocycles. The van der Waals surface area contributed by atoms with E-state index in [0.717, 1.165) is 56.8 Å². The highest BCUT2D eigenvalue weighted by Gasteiger charge is 2.34. The number of aromatic nitrogens is 1. The molecule has 0 saturated carbocycles. The van der Waals surface area contributed by atoms with Gasteiger partial charge in [-0.05, 0) is 75.6 Å². The molecule has 6 rings (SSSR count). The largest absolute Gasteiger partial charge is 0.454 e. The topological polar surface area (TPSA) is 92.3 Å². The van der Waals surface area contributed by atoms with Crippen molar-refractivity contribution < 1.29 is 22.7 Å². The Balaban J connectivity index is 1.05. The number of fused-ring (bicyclic) bond motifs is 1. The van der Waals surface area contributed by atoms with Crippen molar-refractivity contribution in [3.05, 3.63) is 77.6 Å². The summed E-state index contributed by atoms with van der Waals surface area (Å²) in [7, 11) is -3.67. The summed E-state index contributed by atoms with van der Waals surface area (Å²) in [6.07, 6.45) is 3.68. The van der Waals surface area contributed by atoms with E-state index >= 15 is 0 Å². The van der Waals surface area contributed by atoms with Crippen LogP contribution in [0.25, 0.3) is 0 Å². The molecule has 0 aliphatic carbocycles. The van der Waals surface area contributed by atoms with Crippen LogP contribution in [0.2, 0.25) is 0 Å². The van der Waals surface area contributed by atoms with Crippen molar-refractivity contribution in [1.29, 1.82) is 0 Å². The normalized spacial score (nSPS) is 20.9. The first kappa shape index (κ1) is 28.6. The first-order valence-corrected chi connectivity index (χ1v) is 16.2. The van der Waals surface area contributed by atoms with Crippen LogP contribution in [0, 0.1) is 6.92 Å². The summed E-state index contributed by atoms with van der Waals surface area (Å²) < 4.78 is 37.2. The molecule has 2 aromatic carbocycles. The van der Waals surface area contributed by atoms with Crippen LogP contribution in [0.5, 0.6) is 11.5 Å². The van der Waals surface area contributed by atoms with Crippen LogP contribution in [0.3, 0.4) is 0 Å². The Bertz CT molecular complexity index is 1550. The average Bonchev–Trinajstić information content (AvgIpc) is 3.49. The molecule has 2 saturated heterocycles. The van der Waals surface area contributed by atoms with Gasteiger partial charge in [0.1, 0.15) is 0 Å². The molecule has 4 heterocycles. The number of sulfone groups is 1. The lowest BCUT2D eigenvalue weighted by Gasteiger charge is -2.47. The molecule has 10 heteroatoms. The van der Waals surface area contributed by atoms with Gasteiger partial charge in [0.05, 0.1) is 15.4 Å². The van der Waals surface area contributed by atoms with Crippen molar-refractivity contribution in [2.45, 2.75) is 61.5 Å². The molecule has 0 radical (unpaired) electrons. The maximum absolute atomic E-state index is 13.3. The molecule has 0 spiro atoms. The first-order valence-electron chi connectivity index (χ1n) is 14.7. The van der Waals surface area contributed by atoms with E-state index in [2.05, 4.69) is 28.6 Å². The molecule has 0 unspecified atom stereocenters. The number of hydrogen-bond donors (Lipinski definition) is 0. The lowest BCUT2D eigenvalue weighted by Crippen LogP contribution is -2.57. The Morgan fingerprint density at radius 3 is 2.38 bits per heavy atom. The molecule has 0 N–H and O–H groups in total. The third-order valence-electron chi connectivity index (χ3n) is 9.04. The summed E-state index contributed by atoms with van der Waals surface area (Å²) in [5.41, 5.74) is 2.58. The summed E-state index contributed by atoms with van der Waals surface area (Å²) in [6, 6.07) is 16.7. The molecular formula is C32H38N4O5S. The van der Waals surface area contributed by atoms with E-state index in [1.165, 1.54) is 6.07 Å². The molecular weight excluding hydrogens is 552 g/mol. The van der Waals surface area contributed by atoms with E-state index in [-0.39, 0.29) is 28.5 Å². The van der Waals surface area contributed by atoms with Crippen LogP contribution in [0.15, 0.2) is 70.6 Å². The third-order valence-corrected chi connectivity index (χ3v) is 10.8. The van der Waals surface area contributed by atoms with Crippen molar-refractivity contribution >= 4 is 15.7 Å². The maximum Gasteiger partial charge on any atom is 0.255 e. The predicted molar refractivity (Wildman–Crippen MR) is 159 cm³/mol. The number of nitrogens with zero attached hydrogens (tertiary/aromatic N) is 4. The SMILES string of the molecule is Cc1ncccc1C(=O)N1CCC(N2CCN([C@@H](C)c3ccc(S(=O)(=O)c4ccc5c(c4)OCO5)cc3)[C@H](C)C2)CC1. The summed E-state index contributed by atoms with van der Waals surface area (Å²) in [4.78, 5) is 24.8. The number of hydrogen-bond acceptors (Lipinski definition) is 8. The molecule has 2 fully saturated rings. The standard InChI is InChI=1S/C32H38N4O5S/c1-22-20-35(26-12-15-34(16-13-26)32(37)29-5-4-14-33-23(29)2)17-18-36(22)24(3)25-6-8-27(9-7-25)42(38,39)28-10-11-30-31(19-28)41-21-40-30/h4-11,14,19,22,24,26H,12-13,15-18,20-21H2,1-3H3/t22-,24+/m1/s1. The second-order valence-electron chi connectivity index (χ2n) is 11.5.